The maximum atomic E-state index is 12.0. The van der Waals surface area contributed by atoms with Gasteiger partial charge in [-0.05, 0) is 32.1 Å². The predicted octanol–water partition coefficient (Wildman–Crippen LogP) is 10.7. The zero-order valence-corrected chi connectivity index (χ0v) is 24.8. The first-order valence-corrected chi connectivity index (χ1v) is 16.1. The van der Waals surface area contributed by atoms with Gasteiger partial charge in [-0.25, -0.2) is 9.13 Å². The number of allylic oxidation sites excluding steroid dienone is 2. The Morgan fingerprint density at radius 2 is 0.912 bits per heavy atom. The molecule has 0 spiro atoms. The van der Waals surface area contributed by atoms with Crippen molar-refractivity contribution in [2.75, 3.05) is 21.1 Å². The van der Waals surface area contributed by atoms with E-state index >= 15 is 0 Å². The molecule has 202 valence electrons. The van der Waals surface area contributed by atoms with Crippen molar-refractivity contribution < 1.29 is 13.6 Å². The Morgan fingerprint density at radius 3 is 1.24 bits per heavy atom. The van der Waals surface area contributed by atoms with Crippen LogP contribution in [0, 0.1) is 0 Å². The maximum absolute atomic E-state index is 12.0. The molecule has 0 aliphatic carbocycles. The lowest BCUT2D eigenvalue weighted by molar-refractivity contribution is -0.908. The van der Waals surface area contributed by atoms with Crippen molar-refractivity contribution in [3.8, 4) is 0 Å². The van der Waals surface area contributed by atoms with Crippen molar-refractivity contribution in [3.63, 3.8) is 0 Å². The molecular weight excluding hydrogens is 437 g/mol. The summed E-state index contributed by atoms with van der Waals surface area (Å²) in [5, 5.41) is -0.606. The molecule has 4 heteroatoms. The summed E-state index contributed by atoms with van der Waals surface area (Å²) in [6.45, 7) is 4.30. The minimum atomic E-state index is -2.42. The SMILES string of the molecule is CCCCCCCCCCCCCCCC=CCCCCCCCC(CC)(P(=O)=O)[N+](C)(C)C. The van der Waals surface area contributed by atoms with E-state index in [-0.39, 0.29) is 0 Å². The molecule has 0 aromatic carbocycles. The highest BCUT2D eigenvalue weighted by Crippen LogP contribution is 2.43. The molecule has 0 aliphatic rings. The largest absolute Gasteiger partial charge is 0.378 e. The fourth-order valence-electron chi connectivity index (χ4n) is 5.17. The van der Waals surface area contributed by atoms with Gasteiger partial charge in [0.1, 0.15) is 0 Å². The first kappa shape index (κ1) is 33.6. The van der Waals surface area contributed by atoms with Crippen LogP contribution in [0.25, 0.3) is 0 Å². The van der Waals surface area contributed by atoms with Crippen LogP contribution in [0.4, 0.5) is 0 Å². The molecule has 0 rings (SSSR count). The number of quaternary nitrogens is 1. The van der Waals surface area contributed by atoms with Crippen molar-refractivity contribution in [3.05, 3.63) is 12.2 Å². The topological polar surface area (TPSA) is 34.1 Å². The molecule has 1 unspecified atom stereocenters. The van der Waals surface area contributed by atoms with Crippen molar-refractivity contribution >= 4 is 7.68 Å². The molecule has 0 fully saturated rings. The molecule has 3 nitrogen and oxygen atoms in total. The summed E-state index contributed by atoms with van der Waals surface area (Å²) in [5.41, 5.74) is 0. The van der Waals surface area contributed by atoms with Crippen LogP contribution in [0.3, 0.4) is 0 Å². The fraction of sp³-hybridized carbons (Fsp3) is 0.933. The Morgan fingerprint density at radius 1 is 0.559 bits per heavy atom. The summed E-state index contributed by atoms with van der Waals surface area (Å²) in [6, 6.07) is 0. The highest BCUT2D eigenvalue weighted by atomic mass is 31.1. The molecule has 0 saturated carbocycles. The summed E-state index contributed by atoms with van der Waals surface area (Å²) in [4.78, 5) is 0. The molecule has 0 radical (unpaired) electrons. The van der Waals surface area contributed by atoms with Gasteiger partial charge >= 0.3 is 7.68 Å². The van der Waals surface area contributed by atoms with E-state index in [1.807, 2.05) is 28.1 Å². The third-order valence-electron chi connectivity index (χ3n) is 7.74. The van der Waals surface area contributed by atoms with E-state index in [1.165, 1.54) is 116 Å². The highest BCUT2D eigenvalue weighted by Gasteiger charge is 2.46. The Bertz CT molecular complexity index is 542. The normalized spacial score (nSPS) is 14.0. The molecule has 0 aromatic heterocycles. The summed E-state index contributed by atoms with van der Waals surface area (Å²) in [5.74, 6) is 0. The zero-order valence-electron chi connectivity index (χ0n) is 23.9. The lowest BCUT2D eigenvalue weighted by Gasteiger charge is -2.40. The van der Waals surface area contributed by atoms with Gasteiger partial charge in [-0.3, -0.25) is 0 Å². The lowest BCUT2D eigenvalue weighted by atomic mass is 10.0. The van der Waals surface area contributed by atoms with Crippen molar-refractivity contribution in [2.45, 2.75) is 160 Å². The monoisotopic (exact) mass is 498 g/mol. The Hall–Kier alpha value is -0.400. The average molecular weight is 499 g/mol. The minimum absolute atomic E-state index is 0.506. The fourth-order valence-corrected chi connectivity index (χ4v) is 6.26. The van der Waals surface area contributed by atoms with Crippen molar-refractivity contribution in [1.82, 2.24) is 0 Å². The highest BCUT2D eigenvalue weighted by molar-refractivity contribution is 7.32. The first-order chi connectivity index (χ1) is 16.3. The lowest BCUT2D eigenvalue weighted by Crippen LogP contribution is -2.53. The van der Waals surface area contributed by atoms with Gasteiger partial charge in [0.25, 0.3) is 0 Å². The van der Waals surface area contributed by atoms with Crippen LogP contribution >= 0.6 is 7.68 Å². The Labute approximate surface area is 215 Å². The van der Waals surface area contributed by atoms with Gasteiger partial charge in [0.15, 0.2) is 0 Å². The van der Waals surface area contributed by atoms with Crippen LogP contribution in [-0.4, -0.2) is 30.9 Å². The molecule has 0 aromatic rings. The number of hydrogen-bond donors (Lipinski definition) is 0. The van der Waals surface area contributed by atoms with Gasteiger partial charge in [-0.1, -0.05) is 122 Å². The van der Waals surface area contributed by atoms with E-state index in [9.17, 15) is 9.13 Å². The number of unbranched alkanes of at least 4 members (excludes halogenated alkanes) is 18. The molecule has 0 amide bonds. The van der Waals surface area contributed by atoms with Crippen LogP contribution in [0.2, 0.25) is 0 Å². The van der Waals surface area contributed by atoms with E-state index in [2.05, 4.69) is 19.1 Å². The predicted molar refractivity (Wildman–Crippen MR) is 151 cm³/mol. The molecule has 0 bridgehead atoms. The van der Waals surface area contributed by atoms with Crippen LogP contribution < -0.4 is 0 Å². The van der Waals surface area contributed by atoms with Crippen molar-refractivity contribution in [2.24, 2.45) is 0 Å². The summed E-state index contributed by atoms with van der Waals surface area (Å²) in [7, 11) is 3.62. The van der Waals surface area contributed by atoms with Gasteiger partial charge in [-0.2, -0.15) is 0 Å². The van der Waals surface area contributed by atoms with Crippen LogP contribution in [0.5, 0.6) is 0 Å². The second-order valence-electron chi connectivity index (χ2n) is 11.4. The van der Waals surface area contributed by atoms with Gasteiger partial charge in [0.2, 0.25) is 5.28 Å². The molecule has 0 heterocycles. The standard InChI is InChI=1S/C30H61NO2P/c1-6-8-9-10-11-12-13-14-15-16-17-18-19-20-21-22-23-24-25-26-27-28-29-30(7-2,34(32)33)31(3,4)5/h21-22H,6-20,23-29H2,1-5H3/q+1. The minimum Gasteiger partial charge on any atom is -0.314 e. The first-order valence-electron chi connectivity index (χ1n) is 14.9. The second-order valence-corrected chi connectivity index (χ2v) is 12.8. The molecule has 1 atom stereocenters. The third-order valence-corrected chi connectivity index (χ3v) is 9.56. The van der Waals surface area contributed by atoms with E-state index in [0.29, 0.717) is 10.9 Å². The van der Waals surface area contributed by atoms with Gasteiger partial charge in [-0.15, -0.1) is 0 Å². The van der Waals surface area contributed by atoms with Crippen molar-refractivity contribution in [1.29, 1.82) is 0 Å². The summed E-state index contributed by atoms with van der Waals surface area (Å²) in [6.07, 6.45) is 33.1. The number of nitrogens with zero attached hydrogens (tertiary/aromatic N) is 1. The smallest absolute Gasteiger partial charge is 0.314 e. The number of hydrogen-bond acceptors (Lipinski definition) is 2. The second kappa shape index (κ2) is 21.8. The zero-order chi connectivity index (χ0) is 25.5. The Kier molecular flexibility index (Phi) is 21.6. The molecule has 0 aliphatic heterocycles. The average Bonchev–Trinajstić information content (AvgIpc) is 2.78. The van der Waals surface area contributed by atoms with E-state index in [0.717, 1.165) is 19.3 Å². The molecule has 34 heavy (non-hydrogen) atoms. The van der Waals surface area contributed by atoms with Crippen LogP contribution in [-0.2, 0) is 9.13 Å². The van der Waals surface area contributed by atoms with Crippen LogP contribution in [0.1, 0.15) is 155 Å². The van der Waals surface area contributed by atoms with Gasteiger partial charge in [0, 0.05) is 12.8 Å². The summed E-state index contributed by atoms with van der Waals surface area (Å²) < 4.78 is 24.4. The van der Waals surface area contributed by atoms with Crippen LogP contribution in [0.15, 0.2) is 12.2 Å². The third kappa shape index (κ3) is 16.3. The Balaban J connectivity index is 3.50. The quantitative estimate of drug-likeness (QED) is 0.0543. The van der Waals surface area contributed by atoms with E-state index in [1.54, 1.807) is 0 Å². The molecule has 0 N–H and O–H groups in total. The van der Waals surface area contributed by atoms with Gasteiger partial charge in [0.05, 0.1) is 21.1 Å². The molecular formula is C30H61NO2P+. The van der Waals surface area contributed by atoms with E-state index < -0.39 is 13.0 Å². The van der Waals surface area contributed by atoms with E-state index in [4.69, 9.17) is 0 Å². The van der Waals surface area contributed by atoms with Gasteiger partial charge < -0.3 is 4.48 Å². The molecule has 0 saturated heterocycles. The summed E-state index contributed by atoms with van der Waals surface area (Å²) >= 11 is 0. The maximum Gasteiger partial charge on any atom is 0.378 e. The number of rotatable bonds is 25.